The SMILES string of the molecule is CCC(C)(C)C(=O)C(=O)N1CCCC1C(=O)O[C@H](CCc1ccc(OC)c(OC)c1)c1cccc(OCC(=O)O)c1. The standard InChI is InChI=1S/C31H39NO9/c1-6-31(2,3)28(35)29(36)32-16-8-11-23(32)30(37)41-24(21-9-7-10-22(18-21)40-19-27(33)34)14-12-20-13-15-25(38-4)26(17-20)39-5/h7,9-10,13,15,17-18,23-24H,6,8,11-12,14,16,19H2,1-5H3,(H,33,34)/t23?,24-/m1/s1. The molecule has 0 spiro atoms. The van der Waals surface area contributed by atoms with Gasteiger partial charge in [0.15, 0.2) is 18.1 Å². The molecule has 2 aromatic rings. The molecule has 1 aliphatic heterocycles. The predicted molar refractivity (Wildman–Crippen MR) is 150 cm³/mol. The Labute approximate surface area is 240 Å². The van der Waals surface area contributed by atoms with Gasteiger partial charge >= 0.3 is 11.9 Å². The summed E-state index contributed by atoms with van der Waals surface area (Å²) in [5.41, 5.74) is 0.708. The van der Waals surface area contributed by atoms with E-state index in [1.165, 1.54) is 4.90 Å². The average molecular weight is 570 g/mol. The molecule has 1 fully saturated rings. The van der Waals surface area contributed by atoms with Crippen molar-refractivity contribution in [1.29, 1.82) is 0 Å². The Morgan fingerprint density at radius 3 is 2.44 bits per heavy atom. The smallest absolute Gasteiger partial charge is 0.341 e. The van der Waals surface area contributed by atoms with Crippen molar-refractivity contribution in [2.75, 3.05) is 27.4 Å². The fourth-order valence-electron chi connectivity index (χ4n) is 4.63. The second-order valence-electron chi connectivity index (χ2n) is 10.6. The number of nitrogens with zero attached hydrogens (tertiary/aromatic N) is 1. The van der Waals surface area contributed by atoms with Gasteiger partial charge in [-0.1, -0.05) is 39.0 Å². The van der Waals surface area contributed by atoms with Crippen LogP contribution < -0.4 is 14.2 Å². The highest BCUT2D eigenvalue weighted by Crippen LogP contribution is 2.32. The molecule has 41 heavy (non-hydrogen) atoms. The summed E-state index contributed by atoms with van der Waals surface area (Å²) in [5.74, 6) is -1.40. The predicted octanol–water partition coefficient (Wildman–Crippen LogP) is 4.38. The number of aryl methyl sites for hydroxylation is 1. The molecule has 1 unspecified atom stereocenters. The third-order valence-corrected chi connectivity index (χ3v) is 7.47. The summed E-state index contributed by atoms with van der Waals surface area (Å²) in [6, 6.07) is 11.4. The van der Waals surface area contributed by atoms with E-state index in [0.717, 1.165) is 5.56 Å². The summed E-state index contributed by atoms with van der Waals surface area (Å²) in [6.45, 7) is 5.08. The van der Waals surface area contributed by atoms with Gasteiger partial charge in [0.1, 0.15) is 17.9 Å². The number of hydrogen-bond donors (Lipinski definition) is 1. The minimum absolute atomic E-state index is 0.305. The maximum Gasteiger partial charge on any atom is 0.341 e. The van der Waals surface area contributed by atoms with E-state index in [1.54, 1.807) is 58.4 Å². The van der Waals surface area contributed by atoms with E-state index in [2.05, 4.69) is 0 Å². The maximum atomic E-state index is 13.5. The van der Waals surface area contributed by atoms with Crippen molar-refractivity contribution in [2.45, 2.75) is 65.0 Å². The van der Waals surface area contributed by atoms with Crippen molar-refractivity contribution in [3.05, 3.63) is 53.6 Å². The number of hydrogen-bond acceptors (Lipinski definition) is 8. The van der Waals surface area contributed by atoms with Crippen molar-refractivity contribution in [1.82, 2.24) is 4.90 Å². The van der Waals surface area contributed by atoms with E-state index >= 15 is 0 Å². The first-order valence-electron chi connectivity index (χ1n) is 13.7. The van der Waals surface area contributed by atoms with Gasteiger partial charge in [-0.05, 0) is 67.5 Å². The number of benzene rings is 2. The van der Waals surface area contributed by atoms with Gasteiger partial charge < -0.3 is 29.0 Å². The molecule has 0 radical (unpaired) electrons. The number of rotatable bonds is 14. The number of likely N-dealkylation sites (tertiary alicyclic amines) is 1. The Hall–Kier alpha value is -4.08. The van der Waals surface area contributed by atoms with Gasteiger partial charge in [0.05, 0.1) is 14.2 Å². The lowest BCUT2D eigenvalue weighted by atomic mass is 9.84. The molecule has 222 valence electrons. The normalized spacial score (nSPS) is 15.6. The third-order valence-electron chi connectivity index (χ3n) is 7.47. The number of carboxylic acids is 1. The van der Waals surface area contributed by atoms with Gasteiger partial charge in [-0.25, -0.2) is 9.59 Å². The summed E-state index contributed by atoms with van der Waals surface area (Å²) < 4.78 is 22.1. The molecule has 0 bridgehead atoms. The zero-order valence-electron chi connectivity index (χ0n) is 24.3. The Bertz CT molecular complexity index is 1260. The van der Waals surface area contributed by atoms with Gasteiger partial charge in [-0.15, -0.1) is 0 Å². The highest BCUT2D eigenvalue weighted by molar-refractivity contribution is 6.38. The number of Topliss-reactive ketones (excluding diaryl/α,β-unsaturated/α-hetero) is 1. The molecular formula is C31H39NO9. The van der Waals surface area contributed by atoms with Gasteiger partial charge in [0.25, 0.3) is 5.91 Å². The zero-order valence-corrected chi connectivity index (χ0v) is 24.3. The Kier molecular flexibility index (Phi) is 10.7. The molecule has 1 heterocycles. The Morgan fingerprint density at radius 2 is 1.78 bits per heavy atom. The summed E-state index contributed by atoms with van der Waals surface area (Å²) in [6.07, 6.45) is 1.64. The number of aliphatic carboxylic acids is 1. The highest BCUT2D eigenvalue weighted by atomic mass is 16.5. The first-order valence-corrected chi connectivity index (χ1v) is 13.7. The molecule has 3 rings (SSSR count). The molecule has 0 aromatic heterocycles. The Morgan fingerprint density at radius 1 is 1.05 bits per heavy atom. The number of carbonyl (C=O) groups is 4. The van der Waals surface area contributed by atoms with E-state index in [4.69, 9.17) is 24.1 Å². The molecule has 1 aliphatic rings. The van der Waals surface area contributed by atoms with Crippen molar-refractivity contribution >= 4 is 23.6 Å². The van der Waals surface area contributed by atoms with E-state index in [1.807, 2.05) is 19.1 Å². The average Bonchev–Trinajstić information content (AvgIpc) is 3.47. The molecule has 10 nitrogen and oxygen atoms in total. The van der Waals surface area contributed by atoms with Crippen LogP contribution in [-0.2, 0) is 30.3 Å². The summed E-state index contributed by atoms with van der Waals surface area (Å²) >= 11 is 0. The van der Waals surface area contributed by atoms with Gasteiger partial charge in [-0.2, -0.15) is 0 Å². The minimum Gasteiger partial charge on any atom is -0.493 e. The van der Waals surface area contributed by atoms with Crippen molar-refractivity contribution in [2.24, 2.45) is 5.41 Å². The number of esters is 1. The molecular weight excluding hydrogens is 530 g/mol. The second kappa shape index (κ2) is 14.0. The molecule has 1 amide bonds. The number of methoxy groups -OCH3 is 2. The van der Waals surface area contributed by atoms with E-state index < -0.39 is 47.8 Å². The summed E-state index contributed by atoms with van der Waals surface area (Å²) in [5, 5.41) is 8.99. The van der Waals surface area contributed by atoms with E-state index in [9.17, 15) is 19.2 Å². The van der Waals surface area contributed by atoms with E-state index in [-0.39, 0.29) is 0 Å². The van der Waals surface area contributed by atoms with Crippen LogP contribution in [0.25, 0.3) is 0 Å². The van der Waals surface area contributed by atoms with Gasteiger partial charge in [0.2, 0.25) is 5.78 Å². The van der Waals surface area contributed by atoms with E-state index in [0.29, 0.717) is 61.5 Å². The van der Waals surface area contributed by atoms with Crippen molar-refractivity contribution in [3.8, 4) is 17.2 Å². The van der Waals surface area contributed by atoms with Crippen LogP contribution in [0, 0.1) is 5.41 Å². The second-order valence-corrected chi connectivity index (χ2v) is 10.6. The van der Waals surface area contributed by atoms with Crippen LogP contribution in [0.15, 0.2) is 42.5 Å². The lowest BCUT2D eigenvalue weighted by Gasteiger charge is -2.28. The molecule has 2 aromatic carbocycles. The monoisotopic (exact) mass is 569 g/mol. The quantitative estimate of drug-likeness (QED) is 0.260. The van der Waals surface area contributed by atoms with Crippen LogP contribution in [0.1, 0.15) is 63.7 Å². The molecule has 1 N–H and O–H groups in total. The largest absolute Gasteiger partial charge is 0.493 e. The Balaban J connectivity index is 1.84. The third kappa shape index (κ3) is 7.99. The van der Waals surface area contributed by atoms with Gasteiger partial charge in [0, 0.05) is 12.0 Å². The minimum atomic E-state index is -1.11. The number of carboxylic acid groups (broad SMARTS) is 1. The van der Waals surface area contributed by atoms with Crippen LogP contribution in [0.5, 0.6) is 17.2 Å². The number of carbonyl (C=O) groups excluding carboxylic acids is 3. The molecule has 2 atom stereocenters. The molecule has 0 aliphatic carbocycles. The number of amides is 1. The lowest BCUT2D eigenvalue weighted by molar-refractivity contribution is -0.161. The molecule has 0 saturated carbocycles. The molecule has 1 saturated heterocycles. The summed E-state index contributed by atoms with van der Waals surface area (Å²) in [4.78, 5) is 51.8. The lowest BCUT2D eigenvalue weighted by Crippen LogP contribution is -2.48. The summed E-state index contributed by atoms with van der Waals surface area (Å²) in [7, 11) is 3.11. The topological polar surface area (TPSA) is 129 Å². The number of ketones is 1. The maximum absolute atomic E-state index is 13.5. The fourth-order valence-corrected chi connectivity index (χ4v) is 4.63. The molecule has 10 heteroatoms. The first-order chi connectivity index (χ1) is 19.5. The van der Waals surface area contributed by atoms with Crippen LogP contribution in [0.2, 0.25) is 0 Å². The van der Waals surface area contributed by atoms with Crippen LogP contribution in [0.3, 0.4) is 0 Å². The first kappa shape index (κ1) is 31.4. The fraction of sp³-hybridized carbons (Fsp3) is 0.484. The van der Waals surface area contributed by atoms with Gasteiger partial charge in [-0.3, -0.25) is 9.59 Å². The van der Waals surface area contributed by atoms with Crippen molar-refractivity contribution in [3.63, 3.8) is 0 Å². The van der Waals surface area contributed by atoms with Crippen LogP contribution >= 0.6 is 0 Å². The number of ether oxygens (including phenoxy) is 4. The zero-order chi connectivity index (χ0) is 30.2. The van der Waals surface area contributed by atoms with Crippen LogP contribution in [-0.4, -0.2) is 67.0 Å². The van der Waals surface area contributed by atoms with Crippen LogP contribution in [0.4, 0.5) is 0 Å². The highest BCUT2D eigenvalue weighted by Gasteiger charge is 2.42. The van der Waals surface area contributed by atoms with Crippen molar-refractivity contribution < 1.29 is 43.2 Å².